The zero-order valence-corrected chi connectivity index (χ0v) is 21.0. The van der Waals surface area contributed by atoms with Gasteiger partial charge in [0.05, 0.1) is 34.5 Å². The van der Waals surface area contributed by atoms with Crippen molar-refractivity contribution in [2.24, 2.45) is 0 Å². The number of rotatable bonds is 9. The second-order valence-electron chi connectivity index (χ2n) is 8.06. The van der Waals surface area contributed by atoms with Crippen LogP contribution in [0.4, 0.5) is 34.9 Å². The summed E-state index contributed by atoms with van der Waals surface area (Å²) in [5.41, 5.74) is 1.91. The number of halogens is 5. The summed E-state index contributed by atoms with van der Waals surface area (Å²) in [6.07, 6.45) is -1.84. The van der Waals surface area contributed by atoms with Gasteiger partial charge in [0.15, 0.2) is 11.6 Å². The lowest BCUT2D eigenvalue weighted by Crippen LogP contribution is -2.28. The zero-order chi connectivity index (χ0) is 27.5. The number of sulfonamides is 1. The number of nitrogens with zero attached hydrogens (tertiary/aromatic N) is 3. The maximum absolute atomic E-state index is 13.5. The van der Waals surface area contributed by atoms with E-state index in [0.29, 0.717) is 28.5 Å². The van der Waals surface area contributed by atoms with E-state index >= 15 is 0 Å². The summed E-state index contributed by atoms with van der Waals surface area (Å²) >= 11 is 5.79. The van der Waals surface area contributed by atoms with Crippen molar-refractivity contribution in [1.29, 1.82) is 0 Å². The number of ether oxygens (including phenoxy) is 1. The number of hydrogen-bond donors (Lipinski definition) is 3. The largest absolute Gasteiger partial charge is 0.487 e. The van der Waals surface area contributed by atoms with Crippen LogP contribution in [0.3, 0.4) is 0 Å². The van der Waals surface area contributed by atoms with Crippen molar-refractivity contribution in [2.45, 2.75) is 19.7 Å². The Balaban J connectivity index is 1.61. The van der Waals surface area contributed by atoms with Crippen LogP contribution in [0.5, 0.6) is 5.75 Å². The van der Waals surface area contributed by atoms with Crippen LogP contribution in [0.15, 0.2) is 54.9 Å². The van der Waals surface area contributed by atoms with E-state index in [-0.39, 0.29) is 23.1 Å². The zero-order valence-electron chi connectivity index (χ0n) is 19.5. The Morgan fingerprint density at radius 3 is 2.53 bits per heavy atom. The molecule has 0 aliphatic rings. The van der Waals surface area contributed by atoms with Crippen molar-refractivity contribution in [1.82, 2.24) is 20.2 Å². The van der Waals surface area contributed by atoms with Gasteiger partial charge in [0.1, 0.15) is 24.0 Å². The predicted octanol–water partition coefficient (Wildman–Crippen LogP) is 5.59. The Kier molecular flexibility index (Phi) is 7.73. The molecule has 2 heterocycles. The molecule has 0 aliphatic carbocycles. The van der Waals surface area contributed by atoms with Crippen molar-refractivity contribution in [3.63, 3.8) is 0 Å². The molecule has 0 amide bonds. The van der Waals surface area contributed by atoms with Gasteiger partial charge >= 0.3 is 6.18 Å². The molecule has 0 aliphatic heterocycles. The Bertz CT molecular complexity index is 1550. The maximum Gasteiger partial charge on any atom is 0.404 e. The van der Waals surface area contributed by atoms with Crippen LogP contribution in [0.1, 0.15) is 11.3 Å². The molecule has 0 spiro atoms. The van der Waals surface area contributed by atoms with Crippen molar-refractivity contribution >= 4 is 38.9 Å². The topological polar surface area (TPSA) is 122 Å². The van der Waals surface area contributed by atoms with E-state index in [0.717, 1.165) is 11.8 Å². The molecule has 0 saturated heterocycles. The molecule has 4 rings (SSSR count). The predicted molar refractivity (Wildman–Crippen MR) is 133 cm³/mol. The van der Waals surface area contributed by atoms with Crippen LogP contribution in [-0.2, 0) is 16.6 Å². The van der Waals surface area contributed by atoms with Crippen LogP contribution < -0.4 is 14.8 Å². The van der Waals surface area contributed by atoms with Gasteiger partial charge in [-0.15, -0.1) is 0 Å². The normalized spacial score (nSPS) is 11.8. The summed E-state index contributed by atoms with van der Waals surface area (Å²) in [5.74, 6) is -1.95. The Morgan fingerprint density at radius 1 is 1.05 bits per heavy atom. The number of benzene rings is 2. The third kappa shape index (κ3) is 7.32. The Labute approximate surface area is 219 Å². The lowest BCUT2D eigenvalue weighted by molar-refractivity contribution is -0.106. The second kappa shape index (κ2) is 10.8. The first-order chi connectivity index (χ1) is 17.9. The first kappa shape index (κ1) is 27.1. The summed E-state index contributed by atoms with van der Waals surface area (Å²) in [5, 5.41) is 9.76. The fraction of sp³-hybridized carbons (Fsp3) is 0.174. The van der Waals surface area contributed by atoms with Crippen LogP contribution in [0.25, 0.3) is 11.3 Å². The number of aryl methyl sites for hydroxylation is 1. The van der Waals surface area contributed by atoms with Gasteiger partial charge in [0.2, 0.25) is 10.0 Å². The molecular weight excluding hydrogens is 552 g/mol. The van der Waals surface area contributed by atoms with E-state index in [2.05, 4.69) is 25.5 Å². The van der Waals surface area contributed by atoms with Crippen LogP contribution in [0, 0.1) is 12.7 Å². The lowest BCUT2D eigenvalue weighted by atomic mass is 10.1. The molecule has 0 unspecified atom stereocenters. The number of hydrogen-bond acceptors (Lipinski definition) is 7. The molecule has 9 nitrogen and oxygen atoms in total. The molecule has 4 aromatic rings. The lowest BCUT2D eigenvalue weighted by Gasteiger charge is -2.16. The highest BCUT2D eigenvalue weighted by Gasteiger charge is 2.35. The standard InChI is InChI=1S/C23H19ClF4N6O3S/c1-13-9-30-22(10-29-13)31-21-8-19(32-33-21)15-3-5-18(34-38(35,36)12-23(26,27)28)20(7-15)37-11-14-2-4-17(25)16(24)6-14/h2-10,34H,11-12H2,1H3,(H2,30,31,32,33). The van der Waals surface area contributed by atoms with Crippen molar-refractivity contribution in [3.05, 3.63) is 77.0 Å². The van der Waals surface area contributed by atoms with Gasteiger partial charge in [0.25, 0.3) is 0 Å². The molecule has 2 aromatic heterocycles. The summed E-state index contributed by atoms with van der Waals surface area (Å²) in [6, 6.07) is 9.62. The Morgan fingerprint density at radius 2 is 1.84 bits per heavy atom. The summed E-state index contributed by atoms with van der Waals surface area (Å²) in [4.78, 5) is 8.31. The number of H-pyrrole nitrogens is 1. The molecule has 0 radical (unpaired) electrons. The number of alkyl halides is 3. The van der Waals surface area contributed by atoms with E-state index in [1.165, 1.54) is 36.5 Å². The molecule has 2 aromatic carbocycles. The van der Waals surface area contributed by atoms with E-state index in [1.807, 2.05) is 4.72 Å². The van der Waals surface area contributed by atoms with Crippen LogP contribution in [0.2, 0.25) is 5.02 Å². The summed E-state index contributed by atoms with van der Waals surface area (Å²) < 4.78 is 83.5. The van der Waals surface area contributed by atoms with E-state index in [1.54, 1.807) is 19.2 Å². The van der Waals surface area contributed by atoms with Gasteiger partial charge in [-0.3, -0.25) is 14.8 Å². The molecule has 0 fully saturated rings. The van der Waals surface area contributed by atoms with Crippen LogP contribution in [-0.4, -0.2) is 40.5 Å². The average Bonchev–Trinajstić information content (AvgIpc) is 3.29. The first-order valence-corrected chi connectivity index (χ1v) is 12.8. The molecule has 0 saturated carbocycles. The molecule has 0 bridgehead atoms. The fourth-order valence-corrected chi connectivity index (χ4v) is 4.44. The maximum atomic E-state index is 13.5. The monoisotopic (exact) mass is 570 g/mol. The van der Waals surface area contributed by atoms with Gasteiger partial charge in [-0.25, -0.2) is 17.8 Å². The SMILES string of the molecule is Cc1cnc(Nc2cc(-c3ccc(NS(=O)(=O)CC(F)(F)F)c(OCc4ccc(F)c(Cl)c4)c3)[nH]n2)cn1. The third-order valence-corrected chi connectivity index (χ3v) is 6.43. The van der Waals surface area contributed by atoms with E-state index in [4.69, 9.17) is 16.3 Å². The minimum absolute atomic E-state index is 0.0813. The molecule has 15 heteroatoms. The number of aromatic amines is 1. The van der Waals surface area contributed by atoms with Crippen LogP contribution >= 0.6 is 11.6 Å². The number of anilines is 3. The third-order valence-electron chi connectivity index (χ3n) is 4.91. The van der Waals surface area contributed by atoms with Gasteiger partial charge < -0.3 is 10.1 Å². The first-order valence-electron chi connectivity index (χ1n) is 10.8. The fourth-order valence-electron chi connectivity index (χ4n) is 3.23. The van der Waals surface area contributed by atoms with Crippen molar-refractivity contribution in [2.75, 3.05) is 15.8 Å². The highest BCUT2D eigenvalue weighted by atomic mass is 35.5. The quantitative estimate of drug-likeness (QED) is 0.224. The number of nitrogens with one attached hydrogen (secondary N) is 3. The minimum atomic E-state index is -4.95. The van der Waals surface area contributed by atoms with Gasteiger partial charge in [-0.2, -0.15) is 18.3 Å². The van der Waals surface area contributed by atoms with Crippen molar-refractivity contribution in [3.8, 4) is 17.0 Å². The van der Waals surface area contributed by atoms with Crippen molar-refractivity contribution < 1.29 is 30.7 Å². The molecule has 38 heavy (non-hydrogen) atoms. The molecule has 200 valence electrons. The molecular formula is C23H19ClF4N6O3S. The van der Waals surface area contributed by atoms with Gasteiger partial charge in [-0.05, 0) is 36.8 Å². The van der Waals surface area contributed by atoms with E-state index in [9.17, 15) is 26.0 Å². The average molecular weight is 571 g/mol. The minimum Gasteiger partial charge on any atom is -0.487 e. The summed E-state index contributed by atoms with van der Waals surface area (Å²) in [7, 11) is -4.79. The second-order valence-corrected chi connectivity index (χ2v) is 10.2. The number of aromatic nitrogens is 4. The van der Waals surface area contributed by atoms with E-state index < -0.39 is 27.8 Å². The Hall–Kier alpha value is -3.91. The smallest absolute Gasteiger partial charge is 0.404 e. The molecule has 3 N–H and O–H groups in total. The highest BCUT2D eigenvalue weighted by Crippen LogP contribution is 2.33. The van der Waals surface area contributed by atoms with Gasteiger partial charge in [0, 0.05) is 11.6 Å². The van der Waals surface area contributed by atoms with Gasteiger partial charge in [-0.1, -0.05) is 23.7 Å². The highest BCUT2D eigenvalue weighted by molar-refractivity contribution is 7.92. The molecule has 0 atom stereocenters. The summed E-state index contributed by atoms with van der Waals surface area (Å²) in [6.45, 7) is 1.61.